The van der Waals surface area contributed by atoms with Crippen LogP contribution in [0, 0.1) is 5.41 Å². The molecular weight excluding hydrogens is 292 g/mol. The van der Waals surface area contributed by atoms with Crippen molar-refractivity contribution in [3.05, 3.63) is 28.3 Å². The van der Waals surface area contributed by atoms with Gasteiger partial charge in [0.1, 0.15) is 5.75 Å². The Balaban J connectivity index is 0.00000156. The number of aromatic hydroxyl groups is 1. The van der Waals surface area contributed by atoms with Crippen LogP contribution in [0.1, 0.15) is 68.4 Å². The second-order valence-corrected chi connectivity index (χ2v) is 8.29. The molecule has 4 nitrogen and oxygen atoms in total. The molecule has 1 saturated heterocycles. The van der Waals surface area contributed by atoms with Crippen molar-refractivity contribution in [1.82, 2.24) is 0 Å². The topological polar surface area (TPSA) is 81.2 Å². The van der Waals surface area contributed by atoms with Crippen molar-refractivity contribution in [3.63, 3.8) is 0 Å². The lowest BCUT2D eigenvalue weighted by Gasteiger charge is -2.42. The Kier molecular flexibility index (Phi) is 3.79. The molecule has 0 aromatic heterocycles. The summed E-state index contributed by atoms with van der Waals surface area (Å²) < 4.78 is 5.91. The maximum Gasteiger partial charge on any atom is 0.122 e. The van der Waals surface area contributed by atoms with E-state index in [2.05, 4.69) is 20.8 Å². The number of fused-ring (bicyclic) bond motifs is 5. The van der Waals surface area contributed by atoms with E-state index < -0.39 is 6.10 Å². The Labute approximate surface area is 137 Å². The first-order valence-electron chi connectivity index (χ1n) is 8.52. The normalized spacial score (nSPS) is 34.1. The van der Waals surface area contributed by atoms with Crippen molar-refractivity contribution in [3.8, 4) is 5.75 Å². The van der Waals surface area contributed by atoms with Gasteiger partial charge in [0.15, 0.2) is 0 Å². The van der Waals surface area contributed by atoms with Crippen LogP contribution in [0.3, 0.4) is 0 Å². The van der Waals surface area contributed by atoms with Gasteiger partial charge in [0.25, 0.3) is 0 Å². The molecule has 0 unspecified atom stereocenters. The average molecular weight is 320 g/mol. The third-order valence-corrected chi connectivity index (χ3v) is 6.49. The summed E-state index contributed by atoms with van der Waals surface area (Å²) in [6.45, 7) is 7.03. The number of phenolic OH excluding ortho intramolecular Hbond substituents is 1. The maximum atomic E-state index is 10.7. The molecule has 0 bridgehead atoms. The minimum atomic E-state index is -0.433. The number of hydrogen-bond acceptors (Lipinski definition) is 3. The van der Waals surface area contributed by atoms with Gasteiger partial charge >= 0.3 is 0 Å². The van der Waals surface area contributed by atoms with Gasteiger partial charge < -0.3 is 20.4 Å². The predicted octanol–water partition coefficient (Wildman–Crippen LogP) is 2.57. The fourth-order valence-electron chi connectivity index (χ4n) is 4.94. The molecule has 2 aliphatic carbocycles. The van der Waals surface area contributed by atoms with E-state index in [4.69, 9.17) is 4.74 Å². The number of aliphatic hydroxyl groups excluding tert-OH is 1. The smallest absolute Gasteiger partial charge is 0.122 e. The number of aliphatic hydroxyl groups is 1. The molecule has 1 aromatic carbocycles. The van der Waals surface area contributed by atoms with Crippen molar-refractivity contribution in [1.29, 1.82) is 0 Å². The van der Waals surface area contributed by atoms with Crippen LogP contribution in [0.4, 0.5) is 0 Å². The molecule has 3 atom stereocenters. The number of ether oxygens (including phenoxy) is 1. The van der Waals surface area contributed by atoms with Gasteiger partial charge in [-0.25, -0.2) is 0 Å². The van der Waals surface area contributed by atoms with Crippen molar-refractivity contribution in [2.75, 3.05) is 6.61 Å². The summed E-state index contributed by atoms with van der Waals surface area (Å²) in [5.41, 5.74) is 4.90. The summed E-state index contributed by atoms with van der Waals surface area (Å²) in [5, 5.41) is 21.0. The minimum absolute atomic E-state index is 0. The largest absolute Gasteiger partial charge is 0.508 e. The van der Waals surface area contributed by atoms with Gasteiger partial charge in [0.2, 0.25) is 0 Å². The summed E-state index contributed by atoms with van der Waals surface area (Å²) in [7, 11) is 0. The van der Waals surface area contributed by atoms with Crippen molar-refractivity contribution < 1.29 is 20.4 Å². The average Bonchev–Trinajstić information content (AvgIpc) is 2.76. The number of phenols is 1. The van der Waals surface area contributed by atoms with E-state index >= 15 is 0 Å². The first kappa shape index (κ1) is 16.7. The lowest BCUT2D eigenvalue weighted by molar-refractivity contribution is 0.0243. The Morgan fingerprint density at radius 1 is 1.13 bits per heavy atom. The molecule has 1 heterocycles. The van der Waals surface area contributed by atoms with Crippen LogP contribution in [0.15, 0.2) is 6.07 Å². The van der Waals surface area contributed by atoms with Gasteiger partial charge in [-0.1, -0.05) is 20.8 Å². The van der Waals surface area contributed by atoms with Crippen molar-refractivity contribution in [2.24, 2.45) is 5.41 Å². The van der Waals surface area contributed by atoms with Crippen LogP contribution in [0.25, 0.3) is 0 Å². The fourth-order valence-corrected chi connectivity index (χ4v) is 4.94. The van der Waals surface area contributed by atoms with E-state index in [9.17, 15) is 10.2 Å². The zero-order chi connectivity index (χ0) is 15.7. The third kappa shape index (κ3) is 2.15. The van der Waals surface area contributed by atoms with Crippen LogP contribution in [-0.4, -0.2) is 28.4 Å². The standard InChI is InChI=1S/C19H26O3.H2O/c1-18(2)7-4-5-11-12-6-8-19(3)15(21)10-22-17(19)16(12)14(20)9-13(11)18;/h9,15,17,20-21H,4-8,10H2,1-3H3;1H2/t15-,17-,19-;/m0./s1. The number of hydrogen-bond donors (Lipinski definition) is 2. The highest BCUT2D eigenvalue weighted by Gasteiger charge is 2.52. The highest BCUT2D eigenvalue weighted by atomic mass is 16.5. The molecule has 1 aromatic rings. The summed E-state index contributed by atoms with van der Waals surface area (Å²) in [6.07, 6.45) is 4.77. The zero-order valence-corrected chi connectivity index (χ0v) is 14.3. The van der Waals surface area contributed by atoms with Gasteiger partial charge in [-0.3, -0.25) is 0 Å². The van der Waals surface area contributed by atoms with Crippen molar-refractivity contribution in [2.45, 2.75) is 70.5 Å². The predicted molar refractivity (Wildman–Crippen MR) is 88.8 cm³/mol. The third-order valence-electron chi connectivity index (χ3n) is 6.49. The molecule has 3 aliphatic rings. The van der Waals surface area contributed by atoms with Crippen LogP contribution >= 0.6 is 0 Å². The Morgan fingerprint density at radius 3 is 2.61 bits per heavy atom. The van der Waals surface area contributed by atoms with Crippen molar-refractivity contribution >= 4 is 0 Å². The molecule has 0 spiro atoms. The first-order chi connectivity index (χ1) is 10.3. The van der Waals surface area contributed by atoms with Gasteiger partial charge in [0, 0.05) is 11.0 Å². The van der Waals surface area contributed by atoms with Crippen LogP contribution in [0.2, 0.25) is 0 Å². The quantitative estimate of drug-likeness (QED) is 0.771. The highest BCUT2D eigenvalue weighted by Crippen LogP contribution is 2.56. The van der Waals surface area contributed by atoms with E-state index in [-0.39, 0.29) is 22.4 Å². The SMILES string of the molecule is CC1(C)CCCc2c1cc(O)c1c2CC[C@@]2(C)[C@@H](O)CO[C@@H]12.O. The molecule has 1 fully saturated rings. The second kappa shape index (κ2) is 5.20. The summed E-state index contributed by atoms with van der Waals surface area (Å²) in [6, 6.07) is 1.98. The zero-order valence-electron chi connectivity index (χ0n) is 14.3. The molecule has 4 heteroatoms. The van der Waals surface area contributed by atoms with Crippen LogP contribution in [0.5, 0.6) is 5.75 Å². The molecule has 128 valence electrons. The summed E-state index contributed by atoms with van der Waals surface area (Å²) in [5.74, 6) is 0.369. The van der Waals surface area contributed by atoms with Gasteiger partial charge in [-0.2, -0.15) is 0 Å². The highest BCUT2D eigenvalue weighted by molar-refractivity contribution is 5.55. The molecule has 4 rings (SSSR count). The molecule has 23 heavy (non-hydrogen) atoms. The fraction of sp³-hybridized carbons (Fsp3) is 0.684. The minimum Gasteiger partial charge on any atom is -0.508 e. The van der Waals surface area contributed by atoms with E-state index in [1.165, 1.54) is 29.5 Å². The molecule has 0 amide bonds. The van der Waals surface area contributed by atoms with Crippen LogP contribution in [-0.2, 0) is 23.0 Å². The van der Waals surface area contributed by atoms with E-state index in [1.807, 2.05) is 6.07 Å². The molecular formula is C19H28O4. The van der Waals surface area contributed by atoms with E-state index in [1.54, 1.807) is 0 Å². The molecule has 0 radical (unpaired) electrons. The van der Waals surface area contributed by atoms with Gasteiger partial charge in [0.05, 0.1) is 18.8 Å². The van der Waals surface area contributed by atoms with E-state index in [0.29, 0.717) is 12.4 Å². The Hall–Kier alpha value is -1.10. The Bertz CT molecular complexity index is 637. The van der Waals surface area contributed by atoms with Gasteiger partial charge in [-0.15, -0.1) is 0 Å². The molecule has 4 N–H and O–H groups in total. The Morgan fingerprint density at radius 2 is 1.87 bits per heavy atom. The molecule has 1 aliphatic heterocycles. The summed E-state index contributed by atoms with van der Waals surface area (Å²) in [4.78, 5) is 0. The lowest BCUT2D eigenvalue weighted by atomic mass is 9.64. The monoisotopic (exact) mass is 320 g/mol. The summed E-state index contributed by atoms with van der Waals surface area (Å²) >= 11 is 0. The van der Waals surface area contributed by atoms with Crippen LogP contribution < -0.4 is 0 Å². The van der Waals surface area contributed by atoms with Gasteiger partial charge in [-0.05, 0) is 60.3 Å². The molecule has 0 saturated carbocycles. The second-order valence-electron chi connectivity index (χ2n) is 8.29. The maximum absolute atomic E-state index is 10.7. The van der Waals surface area contributed by atoms with E-state index in [0.717, 1.165) is 24.8 Å². The number of benzene rings is 1. The number of rotatable bonds is 0. The lowest BCUT2D eigenvalue weighted by Crippen LogP contribution is -2.37. The first-order valence-corrected chi connectivity index (χ1v) is 8.52.